The van der Waals surface area contributed by atoms with Gasteiger partial charge < -0.3 is 10.2 Å². The van der Waals surface area contributed by atoms with E-state index >= 15 is 0 Å². The molecule has 0 aliphatic carbocycles. The highest BCUT2D eigenvalue weighted by molar-refractivity contribution is 6.32. The van der Waals surface area contributed by atoms with E-state index in [1.165, 1.54) is 16.9 Å². The Kier molecular flexibility index (Phi) is 2.79. The normalized spacial score (nSPS) is 20.5. The minimum atomic E-state index is 0.522. The molecule has 1 aliphatic rings. The fourth-order valence-corrected chi connectivity index (χ4v) is 2.27. The Bertz CT molecular complexity index is 376. The fraction of sp³-hybridized carbons (Fsp3) is 0.500. The van der Waals surface area contributed by atoms with Crippen molar-refractivity contribution in [3.05, 3.63) is 22.7 Å². The molecule has 0 radical (unpaired) electrons. The minimum Gasteiger partial charge on any atom is -0.381 e. The number of hydrogen-bond donors (Lipinski definition) is 1. The van der Waals surface area contributed by atoms with Gasteiger partial charge in [0, 0.05) is 24.7 Å². The Labute approximate surface area is 96.2 Å². The molecule has 0 saturated heterocycles. The van der Waals surface area contributed by atoms with Crippen molar-refractivity contribution < 1.29 is 0 Å². The van der Waals surface area contributed by atoms with Crippen molar-refractivity contribution in [1.29, 1.82) is 0 Å². The largest absolute Gasteiger partial charge is 0.381 e. The van der Waals surface area contributed by atoms with Crippen LogP contribution in [0.1, 0.15) is 18.9 Å². The van der Waals surface area contributed by atoms with Gasteiger partial charge >= 0.3 is 0 Å². The van der Waals surface area contributed by atoms with Crippen LogP contribution in [0, 0.1) is 6.92 Å². The Morgan fingerprint density at radius 2 is 2.20 bits per heavy atom. The number of fused-ring (bicyclic) bond motifs is 1. The molecule has 0 spiro atoms. The zero-order chi connectivity index (χ0) is 11.0. The fourth-order valence-electron chi connectivity index (χ4n) is 2.12. The van der Waals surface area contributed by atoms with Crippen LogP contribution in [0.3, 0.4) is 0 Å². The van der Waals surface area contributed by atoms with Crippen molar-refractivity contribution in [3.8, 4) is 0 Å². The predicted molar refractivity (Wildman–Crippen MR) is 67.2 cm³/mol. The molecular weight excluding hydrogens is 208 g/mol. The SMILES string of the molecule is Cc1c(Cl)ccc2c1N(C)CCC(C)N2. The summed E-state index contributed by atoms with van der Waals surface area (Å²) in [5.41, 5.74) is 3.61. The van der Waals surface area contributed by atoms with Crippen molar-refractivity contribution in [2.75, 3.05) is 23.8 Å². The van der Waals surface area contributed by atoms with Crippen molar-refractivity contribution in [1.82, 2.24) is 0 Å². The summed E-state index contributed by atoms with van der Waals surface area (Å²) in [5, 5.41) is 4.36. The summed E-state index contributed by atoms with van der Waals surface area (Å²) < 4.78 is 0. The second kappa shape index (κ2) is 3.93. The molecule has 0 fully saturated rings. The number of nitrogens with one attached hydrogen (secondary N) is 1. The van der Waals surface area contributed by atoms with E-state index in [0.29, 0.717) is 6.04 Å². The molecule has 1 heterocycles. The van der Waals surface area contributed by atoms with E-state index < -0.39 is 0 Å². The highest BCUT2D eigenvalue weighted by Gasteiger charge is 2.18. The average Bonchev–Trinajstić information content (AvgIpc) is 2.33. The molecule has 0 bridgehead atoms. The van der Waals surface area contributed by atoms with Crippen molar-refractivity contribution in [3.63, 3.8) is 0 Å². The third-order valence-electron chi connectivity index (χ3n) is 3.05. The number of anilines is 2. The summed E-state index contributed by atoms with van der Waals surface area (Å²) in [5.74, 6) is 0. The van der Waals surface area contributed by atoms with Gasteiger partial charge in [-0.25, -0.2) is 0 Å². The maximum atomic E-state index is 6.15. The summed E-state index contributed by atoms with van der Waals surface area (Å²) in [6.07, 6.45) is 1.15. The first-order valence-electron chi connectivity index (χ1n) is 5.36. The molecule has 1 N–H and O–H groups in total. The highest BCUT2D eigenvalue weighted by atomic mass is 35.5. The van der Waals surface area contributed by atoms with Crippen LogP contribution >= 0.6 is 11.6 Å². The van der Waals surface area contributed by atoms with Gasteiger partial charge in [-0.3, -0.25) is 0 Å². The zero-order valence-electron chi connectivity index (χ0n) is 9.47. The lowest BCUT2D eigenvalue weighted by Gasteiger charge is -2.21. The summed E-state index contributed by atoms with van der Waals surface area (Å²) in [6, 6.07) is 4.56. The second-order valence-corrected chi connectivity index (χ2v) is 4.73. The monoisotopic (exact) mass is 224 g/mol. The third kappa shape index (κ3) is 1.91. The average molecular weight is 225 g/mol. The van der Waals surface area contributed by atoms with Crippen molar-refractivity contribution in [2.24, 2.45) is 0 Å². The van der Waals surface area contributed by atoms with Gasteiger partial charge in [0.2, 0.25) is 0 Å². The quantitative estimate of drug-likeness (QED) is 0.728. The maximum Gasteiger partial charge on any atom is 0.0644 e. The van der Waals surface area contributed by atoms with Gasteiger partial charge in [-0.2, -0.15) is 0 Å². The van der Waals surface area contributed by atoms with Gasteiger partial charge in [0.05, 0.1) is 11.4 Å². The molecule has 1 unspecified atom stereocenters. The maximum absolute atomic E-state index is 6.15. The third-order valence-corrected chi connectivity index (χ3v) is 3.46. The number of halogens is 1. The van der Waals surface area contributed by atoms with Gasteiger partial charge in [-0.15, -0.1) is 0 Å². The summed E-state index contributed by atoms with van der Waals surface area (Å²) >= 11 is 6.15. The van der Waals surface area contributed by atoms with E-state index in [2.05, 4.69) is 37.2 Å². The molecule has 0 amide bonds. The van der Waals surface area contributed by atoms with Crippen molar-refractivity contribution in [2.45, 2.75) is 26.3 Å². The van der Waals surface area contributed by atoms with E-state index in [1.807, 2.05) is 6.07 Å². The molecule has 1 aliphatic heterocycles. The lowest BCUT2D eigenvalue weighted by Crippen LogP contribution is -2.20. The van der Waals surface area contributed by atoms with Gasteiger partial charge in [0.25, 0.3) is 0 Å². The summed E-state index contributed by atoms with van der Waals surface area (Å²) in [7, 11) is 2.13. The van der Waals surface area contributed by atoms with Crippen LogP contribution in [-0.2, 0) is 0 Å². The van der Waals surface area contributed by atoms with E-state index in [-0.39, 0.29) is 0 Å². The lowest BCUT2D eigenvalue weighted by molar-refractivity contribution is 0.711. The number of nitrogens with zero attached hydrogens (tertiary/aromatic N) is 1. The Morgan fingerprint density at radius 1 is 1.47 bits per heavy atom. The first kappa shape index (κ1) is 10.6. The molecule has 1 aromatic rings. The highest BCUT2D eigenvalue weighted by Crippen LogP contribution is 2.36. The van der Waals surface area contributed by atoms with Crippen LogP contribution in [0.2, 0.25) is 5.02 Å². The molecule has 2 nitrogen and oxygen atoms in total. The Balaban J connectivity index is 2.52. The second-order valence-electron chi connectivity index (χ2n) is 4.32. The molecule has 1 aromatic carbocycles. The van der Waals surface area contributed by atoms with E-state index in [0.717, 1.165) is 18.0 Å². The van der Waals surface area contributed by atoms with Crippen LogP contribution in [0.25, 0.3) is 0 Å². The van der Waals surface area contributed by atoms with Gasteiger partial charge in [0.15, 0.2) is 0 Å². The number of rotatable bonds is 0. The van der Waals surface area contributed by atoms with Gasteiger partial charge in [-0.05, 0) is 38.0 Å². The Morgan fingerprint density at radius 3 is 2.93 bits per heavy atom. The van der Waals surface area contributed by atoms with E-state index in [1.54, 1.807) is 0 Å². The molecule has 3 heteroatoms. The van der Waals surface area contributed by atoms with Crippen LogP contribution in [-0.4, -0.2) is 19.6 Å². The zero-order valence-corrected chi connectivity index (χ0v) is 10.2. The Hall–Kier alpha value is -0.890. The van der Waals surface area contributed by atoms with Crippen LogP contribution < -0.4 is 10.2 Å². The number of benzene rings is 1. The summed E-state index contributed by atoms with van der Waals surface area (Å²) in [4.78, 5) is 2.28. The first-order valence-corrected chi connectivity index (χ1v) is 5.74. The van der Waals surface area contributed by atoms with Gasteiger partial charge in [0.1, 0.15) is 0 Å². The molecule has 0 saturated carbocycles. The molecular formula is C12H17ClN2. The minimum absolute atomic E-state index is 0.522. The first-order chi connectivity index (χ1) is 7.09. The standard InChI is InChI=1S/C12H17ClN2/c1-8-6-7-15(3)12-9(2)10(13)4-5-11(12)14-8/h4-5,8,14H,6-7H2,1-3H3. The topological polar surface area (TPSA) is 15.3 Å². The number of hydrogen-bond acceptors (Lipinski definition) is 2. The van der Waals surface area contributed by atoms with Crippen LogP contribution in [0.5, 0.6) is 0 Å². The molecule has 15 heavy (non-hydrogen) atoms. The predicted octanol–water partition coefficient (Wildman–Crippen LogP) is 3.29. The van der Waals surface area contributed by atoms with Gasteiger partial charge in [-0.1, -0.05) is 11.6 Å². The molecule has 1 atom stereocenters. The lowest BCUT2D eigenvalue weighted by atomic mass is 10.1. The van der Waals surface area contributed by atoms with E-state index in [4.69, 9.17) is 11.6 Å². The molecule has 2 rings (SSSR count). The van der Waals surface area contributed by atoms with Crippen LogP contribution in [0.4, 0.5) is 11.4 Å². The van der Waals surface area contributed by atoms with Crippen molar-refractivity contribution >= 4 is 23.0 Å². The van der Waals surface area contributed by atoms with E-state index in [9.17, 15) is 0 Å². The van der Waals surface area contributed by atoms with Crippen LogP contribution in [0.15, 0.2) is 12.1 Å². The molecule has 82 valence electrons. The summed E-state index contributed by atoms with van der Waals surface area (Å²) in [6.45, 7) is 5.37. The smallest absolute Gasteiger partial charge is 0.0644 e. The molecule has 0 aromatic heterocycles.